The van der Waals surface area contributed by atoms with Crippen LogP contribution in [0.4, 0.5) is 0 Å². The van der Waals surface area contributed by atoms with Gasteiger partial charge in [0.15, 0.2) is 5.79 Å². The molecule has 2 aliphatic rings. The molecule has 4 aromatic carbocycles. The lowest BCUT2D eigenvalue weighted by Crippen LogP contribution is -2.54. The van der Waals surface area contributed by atoms with Crippen LogP contribution in [0.2, 0.25) is 0 Å². The maximum atomic E-state index is 12.9. The Kier molecular flexibility index (Phi) is 7.13. The van der Waals surface area contributed by atoms with E-state index in [2.05, 4.69) is 0 Å². The molecule has 1 heterocycles. The minimum Gasteiger partial charge on any atom is -0.378 e. The van der Waals surface area contributed by atoms with E-state index in [0.29, 0.717) is 22.3 Å². The normalized spacial score (nSPS) is 21.5. The van der Waals surface area contributed by atoms with Crippen LogP contribution in [0.25, 0.3) is 0 Å². The van der Waals surface area contributed by atoms with Gasteiger partial charge in [0.05, 0.1) is 0 Å². The van der Waals surface area contributed by atoms with Crippen LogP contribution in [0.1, 0.15) is 60.8 Å². The fourth-order valence-electron chi connectivity index (χ4n) is 6.49. The molecule has 2 fully saturated rings. The quantitative estimate of drug-likeness (QED) is 0.297. The average molecular weight is 521 g/mol. The zero-order valence-corrected chi connectivity index (χ0v) is 22.2. The number of benzene rings is 4. The second-order valence-corrected chi connectivity index (χ2v) is 10.9. The Morgan fingerprint density at radius 2 is 0.744 bits per heavy atom. The largest absolute Gasteiger partial charge is 0.378 e. The number of hydrogen-bond acceptors (Lipinski definition) is 4. The second kappa shape index (κ2) is 10.7. The summed E-state index contributed by atoms with van der Waals surface area (Å²) in [6, 6.07) is 38.6. The van der Waals surface area contributed by atoms with E-state index in [-0.39, 0.29) is 0 Å². The lowest BCUT2D eigenvalue weighted by Gasteiger charge is -2.42. The second-order valence-electron chi connectivity index (χ2n) is 10.9. The molecular formula is C35H36O4. The van der Waals surface area contributed by atoms with Crippen molar-refractivity contribution in [2.24, 2.45) is 0 Å². The average Bonchev–Trinajstić information content (AvgIpc) is 3.25. The molecule has 1 saturated carbocycles. The first kappa shape index (κ1) is 26.0. The first-order valence-corrected chi connectivity index (χ1v) is 14.1. The van der Waals surface area contributed by atoms with Gasteiger partial charge in [0.25, 0.3) is 0 Å². The van der Waals surface area contributed by atoms with Crippen molar-refractivity contribution in [3.8, 4) is 0 Å². The standard InChI is InChI=1S/C35H36O4/c36-34(27-17-7-3-8-18-27,28-19-9-4-10-20-28)31-32(39-33(38-31)25-15-1-2-16-26-33)35(37,29-21-11-5-12-22-29)30-23-13-6-14-24-30/h3-14,17-24,31-32,36-37H,1-2,15-16,25-26H2. The molecule has 39 heavy (non-hydrogen) atoms. The fraction of sp³-hybridized carbons (Fsp3) is 0.314. The monoisotopic (exact) mass is 520 g/mol. The lowest BCUT2D eigenvalue weighted by atomic mass is 9.72. The van der Waals surface area contributed by atoms with Gasteiger partial charge in [0.1, 0.15) is 23.4 Å². The van der Waals surface area contributed by atoms with Crippen LogP contribution >= 0.6 is 0 Å². The molecular weight excluding hydrogens is 484 g/mol. The number of aliphatic hydroxyl groups is 2. The Morgan fingerprint density at radius 1 is 0.462 bits per heavy atom. The Balaban J connectivity index is 1.59. The summed E-state index contributed by atoms with van der Waals surface area (Å²) in [5.74, 6) is -0.888. The molecule has 0 bridgehead atoms. The highest BCUT2D eigenvalue weighted by Gasteiger charge is 2.63. The van der Waals surface area contributed by atoms with Gasteiger partial charge in [-0.1, -0.05) is 134 Å². The fourth-order valence-corrected chi connectivity index (χ4v) is 6.49. The van der Waals surface area contributed by atoms with E-state index in [1.807, 2.05) is 121 Å². The van der Waals surface area contributed by atoms with Crippen molar-refractivity contribution in [3.63, 3.8) is 0 Å². The van der Waals surface area contributed by atoms with E-state index in [9.17, 15) is 10.2 Å². The summed E-state index contributed by atoms with van der Waals surface area (Å²) in [5.41, 5.74) is -0.373. The molecule has 2 unspecified atom stereocenters. The summed E-state index contributed by atoms with van der Waals surface area (Å²) in [5, 5.41) is 25.9. The molecule has 1 saturated heterocycles. The van der Waals surface area contributed by atoms with Crippen LogP contribution in [-0.4, -0.2) is 28.2 Å². The van der Waals surface area contributed by atoms with Crippen molar-refractivity contribution in [1.82, 2.24) is 0 Å². The maximum absolute atomic E-state index is 12.9. The highest BCUT2D eigenvalue weighted by Crippen LogP contribution is 2.53. The first-order valence-electron chi connectivity index (χ1n) is 14.1. The molecule has 0 aromatic heterocycles. The van der Waals surface area contributed by atoms with Gasteiger partial charge in [-0.2, -0.15) is 0 Å². The summed E-state index contributed by atoms with van der Waals surface area (Å²) >= 11 is 0. The van der Waals surface area contributed by atoms with Gasteiger partial charge in [-0.05, 0) is 35.1 Å². The van der Waals surface area contributed by atoms with Crippen molar-refractivity contribution in [2.45, 2.75) is 67.7 Å². The first-order chi connectivity index (χ1) is 19.1. The third kappa shape index (κ3) is 4.62. The molecule has 0 radical (unpaired) electrons. The third-order valence-corrected chi connectivity index (χ3v) is 8.50. The van der Waals surface area contributed by atoms with E-state index in [4.69, 9.17) is 9.47 Å². The molecule has 200 valence electrons. The smallest absolute Gasteiger partial charge is 0.169 e. The summed E-state index contributed by atoms with van der Waals surface area (Å²) in [4.78, 5) is 0. The van der Waals surface area contributed by atoms with Gasteiger partial charge in [0, 0.05) is 12.8 Å². The molecule has 4 aromatic rings. The number of ether oxygens (including phenoxy) is 2. The minimum atomic E-state index is -1.58. The van der Waals surface area contributed by atoms with Crippen molar-refractivity contribution < 1.29 is 19.7 Å². The molecule has 2 atom stereocenters. The molecule has 0 amide bonds. The summed E-state index contributed by atoms with van der Waals surface area (Å²) < 4.78 is 14.0. The van der Waals surface area contributed by atoms with E-state index in [0.717, 1.165) is 38.5 Å². The highest BCUT2D eigenvalue weighted by molar-refractivity contribution is 5.43. The van der Waals surface area contributed by atoms with Crippen molar-refractivity contribution in [2.75, 3.05) is 0 Å². The predicted molar refractivity (Wildman–Crippen MR) is 152 cm³/mol. The molecule has 1 spiro atoms. The van der Waals surface area contributed by atoms with Crippen LogP contribution in [0.5, 0.6) is 0 Å². The number of hydrogen-bond donors (Lipinski definition) is 2. The summed E-state index contributed by atoms with van der Waals surface area (Å²) in [6.45, 7) is 0. The predicted octanol–water partition coefficient (Wildman–Crippen LogP) is 6.69. The van der Waals surface area contributed by atoms with Crippen molar-refractivity contribution in [1.29, 1.82) is 0 Å². The van der Waals surface area contributed by atoms with Gasteiger partial charge in [-0.3, -0.25) is 0 Å². The van der Waals surface area contributed by atoms with Crippen molar-refractivity contribution >= 4 is 0 Å². The molecule has 4 heteroatoms. The van der Waals surface area contributed by atoms with Gasteiger partial charge >= 0.3 is 0 Å². The van der Waals surface area contributed by atoms with Crippen LogP contribution in [-0.2, 0) is 20.7 Å². The molecule has 1 aliphatic carbocycles. The Morgan fingerprint density at radius 3 is 1.03 bits per heavy atom. The maximum Gasteiger partial charge on any atom is 0.169 e. The summed E-state index contributed by atoms with van der Waals surface area (Å²) in [7, 11) is 0. The van der Waals surface area contributed by atoms with E-state index in [1.54, 1.807) is 0 Å². The van der Waals surface area contributed by atoms with Gasteiger partial charge in [0.2, 0.25) is 0 Å². The highest BCUT2D eigenvalue weighted by atomic mass is 16.8. The van der Waals surface area contributed by atoms with Gasteiger partial charge < -0.3 is 19.7 Å². The van der Waals surface area contributed by atoms with Crippen LogP contribution in [0.3, 0.4) is 0 Å². The van der Waals surface area contributed by atoms with Crippen LogP contribution < -0.4 is 0 Å². The number of rotatable bonds is 6. The Hall–Kier alpha value is -3.28. The molecule has 4 nitrogen and oxygen atoms in total. The Labute approximate surface area is 230 Å². The minimum absolute atomic E-state index is 0.698. The lowest BCUT2D eigenvalue weighted by molar-refractivity contribution is -0.204. The van der Waals surface area contributed by atoms with Crippen molar-refractivity contribution in [3.05, 3.63) is 144 Å². The van der Waals surface area contributed by atoms with Gasteiger partial charge in [-0.25, -0.2) is 0 Å². The third-order valence-electron chi connectivity index (χ3n) is 8.50. The van der Waals surface area contributed by atoms with E-state index >= 15 is 0 Å². The van der Waals surface area contributed by atoms with Gasteiger partial charge in [-0.15, -0.1) is 0 Å². The summed E-state index contributed by atoms with van der Waals surface area (Å²) in [6.07, 6.45) is 3.84. The van der Waals surface area contributed by atoms with E-state index in [1.165, 1.54) is 0 Å². The molecule has 2 N–H and O–H groups in total. The Bertz CT molecular complexity index is 1150. The molecule has 1 aliphatic heterocycles. The van der Waals surface area contributed by atoms with Crippen LogP contribution in [0.15, 0.2) is 121 Å². The zero-order chi connectivity index (χ0) is 26.8. The molecule has 6 rings (SSSR count). The zero-order valence-electron chi connectivity index (χ0n) is 22.2. The van der Waals surface area contributed by atoms with E-state index < -0.39 is 29.2 Å². The van der Waals surface area contributed by atoms with Crippen LogP contribution in [0, 0.1) is 0 Å². The topological polar surface area (TPSA) is 58.9 Å². The SMILES string of the molecule is OC(c1ccccc1)(c1ccccc1)C1OC2(CCCCCC2)OC1C(O)(c1ccccc1)c1ccccc1.